The van der Waals surface area contributed by atoms with Crippen molar-refractivity contribution in [3.05, 3.63) is 12.2 Å². The van der Waals surface area contributed by atoms with Gasteiger partial charge >= 0.3 is 5.97 Å². The monoisotopic (exact) mass is 402 g/mol. The molecule has 0 heterocycles. The van der Waals surface area contributed by atoms with Crippen LogP contribution in [0.3, 0.4) is 0 Å². The van der Waals surface area contributed by atoms with E-state index in [9.17, 15) is 14.7 Å². The van der Waals surface area contributed by atoms with Gasteiger partial charge < -0.3 is 5.11 Å². The first-order chi connectivity index (χ1) is 13.6. The van der Waals surface area contributed by atoms with Crippen molar-refractivity contribution in [1.82, 2.24) is 0 Å². The highest BCUT2D eigenvalue weighted by Gasteiger charge is 2.60. The van der Waals surface area contributed by atoms with Crippen LogP contribution in [0.4, 0.5) is 0 Å². The molecule has 2 fully saturated rings. The van der Waals surface area contributed by atoms with Crippen molar-refractivity contribution in [3.8, 4) is 0 Å². The number of carbonyl (C=O) groups excluding carboxylic acids is 1. The summed E-state index contributed by atoms with van der Waals surface area (Å²) in [6.07, 6.45) is 13.3. The Bertz CT molecular complexity index is 650. The first-order valence-corrected chi connectivity index (χ1v) is 12.0. The number of allylic oxidation sites excluding steroid dienone is 2. The number of carboxylic acids is 1. The van der Waals surface area contributed by atoms with Gasteiger partial charge in [-0.05, 0) is 79.6 Å². The van der Waals surface area contributed by atoms with Crippen molar-refractivity contribution >= 4 is 11.8 Å². The van der Waals surface area contributed by atoms with Gasteiger partial charge in [-0.2, -0.15) is 0 Å². The van der Waals surface area contributed by atoms with Crippen molar-refractivity contribution in [2.45, 2.75) is 92.4 Å². The Morgan fingerprint density at radius 1 is 1.10 bits per heavy atom. The molecule has 0 radical (unpaired) electrons. The van der Waals surface area contributed by atoms with Gasteiger partial charge in [-0.3, -0.25) is 9.59 Å². The number of hydrogen-bond acceptors (Lipinski definition) is 2. The van der Waals surface area contributed by atoms with Gasteiger partial charge in [0.05, 0.1) is 5.92 Å². The largest absolute Gasteiger partial charge is 0.481 e. The van der Waals surface area contributed by atoms with Crippen molar-refractivity contribution in [3.63, 3.8) is 0 Å². The highest BCUT2D eigenvalue weighted by Crippen LogP contribution is 2.64. The Morgan fingerprint density at radius 2 is 1.83 bits per heavy atom. The molecule has 2 saturated carbocycles. The van der Waals surface area contributed by atoms with Crippen LogP contribution in [-0.2, 0) is 9.59 Å². The summed E-state index contributed by atoms with van der Waals surface area (Å²) in [6.45, 7) is 11.4. The average molecular weight is 403 g/mol. The second-order valence-corrected chi connectivity index (χ2v) is 11.3. The minimum atomic E-state index is -0.664. The zero-order valence-corrected chi connectivity index (χ0v) is 19.2. The van der Waals surface area contributed by atoms with E-state index in [-0.39, 0.29) is 29.0 Å². The zero-order chi connectivity index (χ0) is 21.4. The Morgan fingerprint density at radius 3 is 2.45 bits per heavy atom. The molecule has 0 aromatic carbocycles. The lowest BCUT2D eigenvalue weighted by molar-refractivity contribution is -0.159. The van der Waals surface area contributed by atoms with Crippen LogP contribution >= 0.6 is 0 Å². The molecular weight excluding hydrogens is 360 g/mol. The first kappa shape index (κ1) is 22.6. The van der Waals surface area contributed by atoms with E-state index in [1.807, 2.05) is 13.0 Å². The summed E-state index contributed by atoms with van der Waals surface area (Å²) in [5, 5.41) is 10.3. The van der Waals surface area contributed by atoms with Crippen molar-refractivity contribution in [1.29, 1.82) is 0 Å². The number of fused-ring (bicyclic) bond motifs is 1. The fourth-order valence-electron chi connectivity index (χ4n) is 7.48. The Labute approximate surface area is 177 Å². The van der Waals surface area contributed by atoms with E-state index in [0.29, 0.717) is 11.8 Å². The molecule has 0 saturated heterocycles. The normalized spacial score (nSPS) is 40.8. The molecule has 3 aliphatic rings. The van der Waals surface area contributed by atoms with Gasteiger partial charge in [0, 0.05) is 5.41 Å². The van der Waals surface area contributed by atoms with Crippen LogP contribution < -0.4 is 0 Å². The van der Waals surface area contributed by atoms with Crippen LogP contribution in [0.2, 0.25) is 0 Å². The summed E-state index contributed by atoms with van der Waals surface area (Å²) < 4.78 is 0. The van der Waals surface area contributed by atoms with E-state index in [1.54, 1.807) is 6.08 Å². The van der Waals surface area contributed by atoms with Gasteiger partial charge in [-0.15, -0.1) is 0 Å². The van der Waals surface area contributed by atoms with E-state index in [1.165, 1.54) is 19.3 Å². The molecular formula is C26H42O3. The van der Waals surface area contributed by atoms with Crippen LogP contribution in [0.25, 0.3) is 0 Å². The quantitative estimate of drug-likeness (QED) is 0.527. The lowest BCUT2D eigenvalue weighted by atomic mass is 9.50. The summed E-state index contributed by atoms with van der Waals surface area (Å²) in [5.74, 6) is 1.34. The lowest BCUT2D eigenvalue weighted by Gasteiger charge is -2.52. The van der Waals surface area contributed by atoms with E-state index < -0.39 is 11.4 Å². The van der Waals surface area contributed by atoms with E-state index >= 15 is 0 Å². The van der Waals surface area contributed by atoms with Gasteiger partial charge in [0.1, 0.15) is 0 Å². The molecule has 0 aromatic rings. The molecule has 0 bridgehead atoms. The smallest absolute Gasteiger partial charge is 0.307 e. The summed E-state index contributed by atoms with van der Waals surface area (Å²) in [5.41, 5.74) is -0.388. The van der Waals surface area contributed by atoms with E-state index in [0.717, 1.165) is 44.4 Å². The van der Waals surface area contributed by atoms with Crippen LogP contribution in [-0.4, -0.2) is 16.9 Å². The highest BCUT2D eigenvalue weighted by molar-refractivity contribution is 5.96. The van der Waals surface area contributed by atoms with Crippen molar-refractivity contribution in [2.75, 3.05) is 0 Å². The van der Waals surface area contributed by atoms with Crippen LogP contribution in [0.5, 0.6) is 0 Å². The second kappa shape index (κ2) is 8.55. The summed E-state index contributed by atoms with van der Waals surface area (Å²) in [6, 6.07) is 0. The predicted octanol–water partition coefficient (Wildman–Crippen LogP) is 6.52. The third-order valence-electron chi connectivity index (χ3n) is 9.24. The van der Waals surface area contributed by atoms with E-state index in [4.69, 9.17) is 0 Å². The predicted molar refractivity (Wildman–Crippen MR) is 118 cm³/mol. The standard InChI is InChI=1S/C26H42O3/c1-17(2)9-8-10-18(3)19-12-13-20-23(24(28)29)21(14-16-25(19,20)4)26(5)15-7-6-11-22(26)27/h6,11,17-21,23H,7-10,12-16H2,1-5H3,(H,28,29)/t18-,19+,20+,21+,23-,25-,26-/m1/s1. The van der Waals surface area contributed by atoms with E-state index in [2.05, 4.69) is 27.7 Å². The number of carboxylic acid groups (broad SMARTS) is 1. The summed E-state index contributed by atoms with van der Waals surface area (Å²) in [4.78, 5) is 25.4. The molecule has 3 aliphatic carbocycles. The fraction of sp³-hybridized carbons (Fsp3) is 0.846. The Hall–Kier alpha value is -1.12. The number of carbonyl (C=O) groups is 2. The van der Waals surface area contributed by atoms with Gasteiger partial charge in [0.2, 0.25) is 0 Å². The number of hydrogen-bond donors (Lipinski definition) is 1. The molecule has 0 amide bonds. The Balaban J connectivity index is 1.80. The highest BCUT2D eigenvalue weighted by atomic mass is 16.4. The van der Waals surface area contributed by atoms with Gasteiger partial charge in [0.15, 0.2) is 5.78 Å². The molecule has 3 heteroatoms. The zero-order valence-electron chi connectivity index (χ0n) is 19.2. The number of ketones is 1. The molecule has 3 rings (SSSR count). The summed E-state index contributed by atoms with van der Waals surface area (Å²) in [7, 11) is 0. The molecule has 164 valence electrons. The van der Waals surface area contributed by atoms with Crippen molar-refractivity contribution in [2.24, 2.45) is 46.3 Å². The summed E-state index contributed by atoms with van der Waals surface area (Å²) >= 11 is 0. The molecule has 0 aromatic heterocycles. The van der Waals surface area contributed by atoms with Crippen LogP contribution in [0.15, 0.2) is 12.2 Å². The maximum atomic E-state index is 12.8. The average Bonchev–Trinajstić information content (AvgIpc) is 2.99. The minimum Gasteiger partial charge on any atom is -0.481 e. The lowest BCUT2D eigenvalue weighted by Crippen LogP contribution is -2.52. The van der Waals surface area contributed by atoms with Gasteiger partial charge in [-0.1, -0.05) is 60.0 Å². The maximum Gasteiger partial charge on any atom is 0.307 e. The SMILES string of the molecule is CC(C)CCC[C@@H](C)[C@@H]1CC[C@H]2[C@@H](C(=O)O)[C@@H]([C@@]3(C)CCC=CC3=O)CC[C@@]21C. The molecule has 7 atom stereocenters. The molecule has 3 nitrogen and oxygen atoms in total. The molecule has 0 aliphatic heterocycles. The topological polar surface area (TPSA) is 54.4 Å². The second-order valence-electron chi connectivity index (χ2n) is 11.3. The maximum absolute atomic E-state index is 12.8. The number of rotatable bonds is 7. The minimum absolute atomic E-state index is 0.0227. The first-order valence-electron chi connectivity index (χ1n) is 12.0. The van der Waals surface area contributed by atoms with Gasteiger partial charge in [0.25, 0.3) is 0 Å². The van der Waals surface area contributed by atoms with Gasteiger partial charge in [-0.25, -0.2) is 0 Å². The van der Waals surface area contributed by atoms with Crippen molar-refractivity contribution < 1.29 is 14.7 Å². The third-order valence-corrected chi connectivity index (χ3v) is 9.24. The van der Waals surface area contributed by atoms with Crippen LogP contribution in [0, 0.1) is 46.3 Å². The third kappa shape index (κ3) is 4.08. The fourth-order valence-corrected chi connectivity index (χ4v) is 7.48. The van der Waals surface area contributed by atoms with Crippen LogP contribution in [0.1, 0.15) is 92.4 Å². The molecule has 0 spiro atoms. The number of aliphatic carboxylic acids is 1. The Kier molecular flexibility index (Phi) is 6.65. The molecule has 1 N–H and O–H groups in total. The molecule has 29 heavy (non-hydrogen) atoms. The molecule has 0 unspecified atom stereocenters.